The Labute approximate surface area is 101 Å². The number of nitrogens with zero attached hydrogens (tertiary/aromatic N) is 2. The van der Waals surface area contributed by atoms with Gasteiger partial charge in [-0.1, -0.05) is 12.1 Å². The van der Waals surface area contributed by atoms with E-state index in [2.05, 4.69) is 16.4 Å². The molecule has 0 unspecified atom stereocenters. The Morgan fingerprint density at radius 2 is 2.12 bits per heavy atom. The van der Waals surface area contributed by atoms with E-state index in [1.54, 1.807) is 7.11 Å². The summed E-state index contributed by atoms with van der Waals surface area (Å²) in [6.45, 7) is 0.744. The summed E-state index contributed by atoms with van der Waals surface area (Å²) in [5.41, 5.74) is 3.19. The fourth-order valence-corrected chi connectivity index (χ4v) is 1.96. The second kappa shape index (κ2) is 5.01. The molecule has 17 heavy (non-hydrogen) atoms. The van der Waals surface area contributed by atoms with Gasteiger partial charge in [0.1, 0.15) is 5.75 Å². The zero-order chi connectivity index (χ0) is 12.3. The summed E-state index contributed by atoms with van der Waals surface area (Å²) in [6, 6.07) is 7.99. The van der Waals surface area contributed by atoms with Crippen molar-refractivity contribution in [3.63, 3.8) is 0 Å². The maximum Gasteiger partial charge on any atom is 0.128 e. The lowest BCUT2D eigenvalue weighted by Crippen LogP contribution is -2.07. The summed E-state index contributed by atoms with van der Waals surface area (Å²) < 4.78 is 7.41. The van der Waals surface area contributed by atoms with Crippen molar-refractivity contribution in [1.29, 1.82) is 0 Å². The molecule has 90 valence electrons. The van der Waals surface area contributed by atoms with E-state index in [0.29, 0.717) is 0 Å². The molecule has 0 bridgehead atoms. The average molecular weight is 231 g/mol. The number of hydrogen-bond donors (Lipinski definition) is 1. The van der Waals surface area contributed by atoms with Crippen LogP contribution in [0.3, 0.4) is 0 Å². The van der Waals surface area contributed by atoms with E-state index in [9.17, 15) is 0 Å². The summed E-state index contributed by atoms with van der Waals surface area (Å²) in [7, 11) is 5.60. The Morgan fingerprint density at radius 1 is 1.35 bits per heavy atom. The molecular formula is C13H17N3O. The van der Waals surface area contributed by atoms with Gasteiger partial charge in [-0.3, -0.25) is 0 Å². The number of imidazole rings is 1. The van der Waals surface area contributed by atoms with Gasteiger partial charge in [0, 0.05) is 19.2 Å². The third-order valence-corrected chi connectivity index (χ3v) is 2.72. The van der Waals surface area contributed by atoms with Crippen molar-refractivity contribution in [3.8, 4) is 17.0 Å². The van der Waals surface area contributed by atoms with Crippen molar-refractivity contribution in [3.05, 3.63) is 36.3 Å². The number of aromatic nitrogens is 2. The first-order valence-corrected chi connectivity index (χ1v) is 5.56. The molecule has 1 N–H and O–H groups in total. The number of nitrogens with one attached hydrogen (secondary N) is 1. The number of rotatable bonds is 4. The van der Waals surface area contributed by atoms with E-state index in [0.717, 1.165) is 29.2 Å². The van der Waals surface area contributed by atoms with Crippen LogP contribution in [0.2, 0.25) is 0 Å². The highest BCUT2D eigenvalue weighted by Gasteiger charge is 2.14. The van der Waals surface area contributed by atoms with Crippen molar-refractivity contribution >= 4 is 0 Å². The van der Waals surface area contributed by atoms with Gasteiger partial charge in [-0.2, -0.15) is 0 Å². The minimum Gasteiger partial charge on any atom is -0.496 e. The molecule has 1 heterocycles. The fraction of sp³-hybridized carbons (Fsp3) is 0.308. The van der Waals surface area contributed by atoms with Crippen LogP contribution >= 0.6 is 0 Å². The lowest BCUT2D eigenvalue weighted by atomic mass is 10.1. The van der Waals surface area contributed by atoms with Crippen molar-refractivity contribution < 1.29 is 4.74 Å². The molecule has 1 aromatic carbocycles. The molecule has 0 saturated heterocycles. The van der Waals surface area contributed by atoms with Crippen LogP contribution in [0.25, 0.3) is 11.3 Å². The van der Waals surface area contributed by atoms with E-state index >= 15 is 0 Å². The van der Waals surface area contributed by atoms with Crippen LogP contribution in [0.5, 0.6) is 5.75 Å². The zero-order valence-electron chi connectivity index (χ0n) is 10.4. The first-order chi connectivity index (χ1) is 8.27. The van der Waals surface area contributed by atoms with Crippen molar-refractivity contribution in [1.82, 2.24) is 14.9 Å². The molecule has 0 aliphatic carbocycles. The number of para-hydroxylation sites is 1. The van der Waals surface area contributed by atoms with Crippen molar-refractivity contribution in [2.45, 2.75) is 6.54 Å². The Bertz CT molecular complexity index is 505. The number of aryl methyl sites for hydroxylation is 1. The van der Waals surface area contributed by atoms with Gasteiger partial charge in [0.05, 0.1) is 24.8 Å². The highest BCUT2D eigenvalue weighted by molar-refractivity contribution is 5.69. The van der Waals surface area contributed by atoms with Gasteiger partial charge in [0.25, 0.3) is 0 Å². The molecular weight excluding hydrogens is 214 g/mol. The minimum absolute atomic E-state index is 0.744. The zero-order valence-corrected chi connectivity index (χ0v) is 10.4. The second-order valence-electron chi connectivity index (χ2n) is 3.88. The SMILES string of the molecule is CNCc1ncn(C)c1-c1ccccc1OC. The molecule has 0 amide bonds. The summed E-state index contributed by atoms with van der Waals surface area (Å²) >= 11 is 0. The topological polar surface area (TPSA) is 39.1 Å². The lowest BCUT2D eigenvalue weighted by Gasteiger charge is -2.10. The number of benzene rings is 1. The van der Waals surface area contributed by atoms with Gasteiger partial charge in [-0.15, -0.1) is 0 Å². The van der Waals surface area contributed by atoms with Gasteiger partial charge < -0.3 is 14.6 Å². The Hall–Kier alpha value is -1.81. The predicted molar refractivity (Wildman–Crippen MR) is 68.0 cm³/mol. The lowest BCUT2D eigenvalue weighted by molar-refractivity contribution is 0.416. The molecule has 0 aliphatic heterocycles. The van der Waals surface area contributed by atoms with Crippen LogP contribution in [0.1, 0.15) is 5.69 Å². The predicted octanol–water partition coefficient (Wildman–Crippen LogP) is 1.82. The fourth-order valence-electron chi connectivity index (χ4n) is 1.96. The van der Waals surface area contributed by atoms with Crippen LogP contribution in [-0.4, -0.2) is 23.7 Å². The Balaban J connectivity index is 2.55. The number of ether oxygens (including phenoxy) is 1. The Kier molecular flexibility index (Phi) is 3.44. The van der Waals surface area contributed by atoms with Crippen LogP contribution in [0.4, 0.5) is 0 Å². The van der Waals surface area contributed by atoms with Gasteiger partial charge in [0.15, 0.2) is 0 Å². The summed E-state index contributed by atoms with van der Waals surface area (Å²) in [4.78, 5) is 4.40. The minimum atomic E-state index is 0.744. The number of hydrogen-bond acceptors (Lipinski definition) is 3. The van der Waals surface area contributed by atoms with Crippen LogP contribution in [0.15, 0.2) is 30.6 Å². The average Bonchev–Trinajstić information content (AvgIpc) is 2.71. The number of methoxy groups -OCH3 is 1. The van der Waals surface area contributed by atoms with Gasteiger partial charge in [0.2, 0.25) is 0 Å². The van der Waals surface area contributed by atoms with Crippen LogP contribution in [0, 0.1) is 0 Å². The maximum absolute atomic E-state index is 5.40. The highest BCUT2D eigenvalue weighted by Crippen LogP contribution is 2.31. The molecule has 0 atom stereocenters. The maximum atomic E-state index is 5.40. The largest absolute Gasteiger partial charge is 0.496 e. The quantitative estimate of drug-likeness (QED) is 0.872. The monoisotopic (exact) mass is 231 g/mol. The molecule has 0 saturated carbocycles. The van der Waals surface area contributed by atoms with E-state index in [1.807, 2.05) is 43.2 Å². The van der Waals surface area contributed by atoms with Crippen molar-refractivity contribution in [2.24, 2.45) is 7.05 Å². The first-order valence-electron chi connectivity index (χ1n) is 5.56. The summed E-state index contributed by atoms with van der Waals surface area (Å²) in [6.07, 6.45) is 1.83. The van der Waals surface area contributed by atoms with Gasteiger partial charge in [-0.25, -0.2) is 4.98 Å². The molecule has 0 radical (unpaired) electrons. The molecule has 2 aromatic rings. The van der Waals surface area contributed by atoms with E-state index in [-0.39, 0.29) is 0 Å². The third kappa shape index (κ3) is 2.17. The molecule has 0 spiro atoms. The molecule has 1 aromatic heterocycles. The Morgan fingerprint density at radius 3 is 2.82 bits per heavy atom. The van der Waals surface area contributed by atoms with E-state index in [1.165, 1.54) is 0 Å². The third-order valence-electron chi connectivity index (χ3n) is 2.72. The summed E-state index contributed by atoms with van der Waals surface area (Å²) in [5, 5.41) is 3.13. The van der Waals surface area contributed by atoms with Crippen LogP contribution < -0.4 is 10.1 Å². The molecule has 0 aliphatic rings. The van der Waals surface area contributed by atoms with E-state index < -0.39 is 0 Å². The van der Waals surface area contributed by atoms with E-state index in [4.69, 9.17) is 4.74 Å². The molecule has 0 fully saturated rings. The second-order valence-corrected chi connectivity index (χ2v) is 3.88. The van der Waals surface area contributed by atoms with Crippen LogP contribution in [-0.2, 0) is 13.6 Å². The normalized spacial score (nSPS) is 10.5. The molecule has 4 nitrogen and oxygen atoms in total. The molecule has 2 rings (SSSR count). The molecule has 4 heteroatoms. The van der Waals surface area contributed by atoms with Gasteiger partial charge >= 0.3 is 0 Å². The highest BCUT2D eigenvalue weighted by atomic mass is 16.5. The summed E-state index contributed by atoms with van der Waals surface area (Å²) in [5.74, 6) is 0.869. The first kappa shape index (κ1) is 11.7. The van der Waals surface area contributed by atoms with Crippen molar-refractivity contribution in [2.75, 3.05) is 14.2 Å². The standard InChI is InChI=1S/C13H17N3O/c1-14-8-11-13(16(2)9-15-11)10-6-4-5-7-12(10)17-3/h4-7,9,14H,8H2,1-3H3. The smallest absolute Gasteiger partial charge is 0.128 e. The van der Waals surface area contributed by atoms with Gasteiger partial charge in [-0.05, 0) is 19.2 Å².